The second-order valence-corrected chi connectivity index (χ2v) is 8.76. The van der Waals surface area contributed by atoms with E-state index in [4.69, 9.17) is 18.8 Å². The first-order chi connectivity index (χ1) is 12.3. The lowest BCUT2D eigenvalue weighted by Crippen LogP contribution is -2.46. The maximum absolute atomic E-state index is 12.4. The van der Waals surface area contributed by atoms with Gasteiger partial charge in [0.25, 0.3) is 16.4 Å². The summed E-state index contributed by atoms with van der Waals surface area (Å²) >= 11 is 0. The number of hydrogen-bond acceptors (Lipinski definition) is 8. The molecule has 0 aromatic carbocycles. The molecule has 1 amide bonds. The van der Waals surface area contributed by atoms with Crippen LogP contribution in [0.4, 0.5) is 4.79 Å². The van der Waals surface area contributed by atoms with Crippen molar-refractivity contribution < 1.29 is 41.6 Å². The van der Waals surface area contributed by atoms with Crippen LogP contribution in [0.1, 0.15) is 53.4 Å². The van der Waals surface area contributed by atoms with Crippen molar-refractivity contribution in [1.82, 2.24) is 5.32 Å². The van der Waals surface area contributed by atoms with E-state index in [1.54, 1.807) is 13.8 Å². The first-order valence-corrected chi connectivity index (χ1v) is 10.2. The number of esters is 1. The zero-order valence-corrected chi connectivity index (χ0v) is 16.7. The van der Waals surface area contributed by atoms with Crippen LogP contribution in [0.15, 0.2) is 0 Å². The van der Waals surface area contributed by atoms with Crippen LogP contribution in [-0.4, -0.2) is 55.2 Å². The minimum absolute atomic E-state index is 0.0769. The Balaban J connectivity index is 2.93. The molecule has 1 rings (SSSR count). The molecule has 0 aromatic heterocycles. The number of carbonyl (C=O) groups is 3. The molecule has 0 saturated carbocycles. The van der Waals surface area contributed by atoms with E-state index in [-0.39, 0.29) is 12.8 Å². The van der Waals surface area contributed by atoms with Gasteiger partial charge in [0.15, 0.2) is 0 Å². The van der Waals surface area contributed by atoms with Gasteiger partial charge in [-0.25, -0.2) is 9.59 Å². The van der Waals surface area contributed by atoms with E-state index in [0.717, 1.165) is 0 Å². The second-order valence-electron chi connectivity index (χ2n) is 7.19. The largest absolute Gasteiger partial charge is 0.512 e. The zero-order chi connectivity index (χ0) is 20.8. The Morgan fingerprint density at radius 2 is 1.89 bits per heavy atom. The van der Waals surface area contributed by atoms with E-state index in [1.807, 2.05) is 6.92 Å². The standard InChI is InChI=1S/C16H27NO9S/c1-5-6-12-24-14(19)13(26-15(20)25-12)16(3,4)9-11(17-10(2)18)7-8-27(21,22)23/h11-13H,5-9H2,1-4H3,(H,17,18)(H,21,22,23)/t11?,12?,13-/m0/s1. The van der Waals surface area contributed by atoms with Crippen LogP contribution in [0, 0.1) is 5.41 Å². The van der Waals surface area contributed by atoms with Gasteiger partial charge in [-0.15, -0.1) is 0 Å². The fourth-order valence-corrected chi connectivity index (χ4v) is 3.46. The lowest BCUT2D eigenvalue weighted by atomic mass is 9.79. The summed E-state index contributed by atoms with van der Waals surface area (Å²) in [5.74, 6) is -1.75. The Bertz CT molecular complexity index is 659. The summed E-state index contributed by atoms with van der Waals surface area (Å²) in [6, 6.07) is -0.679. The van der Waals surface area contributed by atoms with Crippen LogP contribution < -0.4 is 5.32 Å². The van der Waals surface area contributed by atoms with Crippen LogP contribution >= 0.6 is 0 Å². The molecule has 1 heterocycles. The van der Waals surface area contributed by atoms with Gasteiger partial charge in [0.1, 0.15) is 0 Å². The Hall–Kier alpha value is -1.88. The molecule has 1 fully saturated rings. The number of ether oxygens (including phenoxy) is 3. The highest BCUT2D eigenvalue weighted by molar-refractivity contribution is 7.85. The third-order valence-corrected chi connectivity index (χ3v) is 4.79. The molecule has 0 aliphatic carbocycles. The second kappa shape index (κ2) is 9.36. The monoisotopic (exact) mass is 409 g/mol. The van der Waals surface area contributed by atoms with Gasteiger partial charge in [0.2, 0.25) is 12.0 Å². The van der Waals surface area contributed by atoms with Crippen molar-refractivity contribution in [2.75, 3.05) is 5.75 Å². The zero-order valence-electron chi connectivity index (χ0n) is 15.9. The molecule has 1 aliphatic rings. The van der Waals surface area contributed by atoms with E-state index in [2.05, 4.69) is 5.32 Å². The molecule has 0 radical (unpaired) electrons. The Labute approximate surface area is 158 Å². The van der Waals surface area contributed by atoms with Gasteiger partial charge >= 0.3 is 12.1 Å². The third kappa shape index (κ3) is 8.12. The number of cyclic esters (lactones) is 3. The molecule has 2 unspecified atom stereocenters. The normalized spacial score (nSPS) is 22.1. The summed E-state index contributed by atoms with van der Waals surface area (Å²) in [5.41, 5.74) is -1.01. The maximum atomic E-state index is 12.4. The fourth-order valence-electron chi connectivity index (χ4n) is 2.87. The molecule has 0 spiro atoms. The number of carbonyl (C=O) groups excluding carboxylic acids is 3. The third-order valence-electron chi connectivity index (χ3n) is 4.04. The highest BCUT2D eigenvalue weighted by atomic mass is 32.2. The molecule has 156 valence electrons. The predicted molar refractivity (Wildman–Crippen MR) is 93.2 cm³/mol. The van der Waals surface area contributed by atoms with Gasteiger partial charge in [-0.05, 0) is 19.3 Å². The first-order valence-electron chi connectivity index (χ1n) is 8.64. The molecule has 10 nitrogen and oxygen atoms in total. The minimum Gasteiger partial charge on any atom is -0.422 e. The van der Waals surface area contributed by atoms with Crippen molar-refractivity contribution in [2.24, 2.45) is 5.41 Å². The minimum atomic E-state index is -4.22. The Morgan fingerprint density at radius 3 is 2.41 bits per heavy atom. The molecular weight excluding hydrogens is 382 g/mol. The Morgan fingerprint density at radius 1 is 1.26 bits per heavy atom. The predicted octanol–water partition coefficient (Wildman–Crippen LogP) is 1.39. The van der Waals surface area contributed by atoms with Crippen molar-refractivity contribution in [3.8, 4) is 0 Å². The summed E-state index contributed by atoms with van der Waals surface area (Å²) in [6.07, 6.45) is -2.39. The average molecular weight is 409 g/mol. The molecule has 2 N–H and O–H groups in total. The van der Waals surface area contributed by atoms with Gasteiger partial charge in [0, 0.05) is 24.8 Å². The smallest absolute Gasteiger partial charge is 0.422 e. The van der Waals surface area contributed by atoms with Crippen LogP contribution in [0.5, 0.6) is 0 Å². The highest BCUT2D eigenvalue weighted by Crippen LogP contribution is 2.33. The molecule has 0 bridgehead atoms. The van der Waals surface area contributed by atoms with E-state index >= 15 is 0 Å². The van der Waals surface area contributed by atoms with Crippen molar-refractivity contribution in [1.29, 1.82) is 0 Å². The molecule has 1 aliphatic heterocycles. The molecule has 0 aromatic rings. The van der Waals surface area contributed by atoms with Gasteiger partial charge in [0.05, 0.1) is 5.75 Å². The topological polar surface area (TPSA) is 145 Å². The summed E-state index contributed by atoms with van der Waals surface area (Å²) in [4.78, 5) is 35.6. The number of amides is 1. The van der Waals surface area contributed by atoms with E-state index < -0.39 is 57.8 Å². The van der Waals surface area contributed by atoms with Crippen LogP contribution in [0.2, 0.25) is 0 Å². The van der Waals surface area contributed by atoms with Crippen molar-refractivity contribution in [3.05, 3.63) is 0 Å². The summed E-state index contributed by atoms with van der Waals surface area (Å²) in [6.45, 7) is 6.34. The molecule has 1 saturated heterocycles. The van der Waals surface area contributed by atoms with E-state index in [0.29, 0.717) is 12.8 Å². The van der Waals surface area contributed by atoms with Crippen molar-refractivity contribution >= 4 is 28.1 Å². The molecule has 27 heavy (non-hydrogen) atoms. The number of nitrogens with one attached hydrogen (secondary N) is 1. The number of rotatable bonds is 9. The van der Waals surface area contributed by atoms with Crippen LogP contribution in [-0.2, 0) is 33.9 Å². The van der Waals surface area contributed by atoms with Gasteiger partial charge in [-0.3, -0.25) is 9.35 Å². The quantitative estimate of drug-likeness (QED) is 0.426. The number of hydrogen-bond donors (Lipinski definition) is 2. The van der Waals surface area contributed by atoms with Gasteiger partial charge in [-0.2, -0.15) is 8.42 Å². The SMILES string of the molecule is CCCC1OC(=O)O[C@H](C(C)(C)CC(CCS(=O)(=O)O)NC(C)=O)C(=O)O1. The van der Waals surface area contributed by atoms with E-state index in [1.165, 1.54) is 6.92 Å². The lowest BCUT2D eigenvalue weighted by molar-refractivity contribution is -0.171. The van der Waals surface area contributed by atoms with Gasteiger partial charge < -0.3 is 19.5 Å². The summed E-state index contributed by atoms with van der Waals surface area (Å²) in [7, 11) is -4.22. The fraction of sp³-hybridized carbons (Fsp3) is 0.812. The van der Waals surface area contributed by atoms with Crippen LogP contribution in [0.25, 0.3) is 0 Å². The molecule has 11 heteroatoms. The highest BCUT2D eigenvalue weighted by Gasteiger charge is 2.45. The van der Waals surface area contributed by atoms with Crippen molar-refractivity contribution in [3.63, 3.8) is 0 Å². The summed E-state index contributed by atoms with van der Waals surface area (Å²) in [5, 5.41) is 2.58. The average Bonchev–Trinajstić information content (AvgIpc) is 2.62. The summed E-state index contributed by atoms with van der Waals surface area (Å²) < 4.78 is 46.2. The molecular formula is C16H27NO9S. The lowest BCUT2D eigenvalue weighted by Gasteiger charge is -2.33. The van der Waals surface area contributed by atoms with Crippen LogP contribution in [0.3, 0.4) is 0 Å². The van der Waals surface area contributed by atoms with Crippen molar-refractivity contribution in [2.45, 2.75) is 71.8 Å². The van der Waals surface area contributed by atoms with E-state index in [9.17, 15) is 22.8 Å². The maximum Gasteiger partial charge on any atom is 0.512 e. The van der Waals surface area contributed by atoms with Gasteiger partial charge in [-0.1, -0.05) is 20.8 Å². The Kier molecular flexibility index (Phi) is 8.03. The first kappa shape index (κ1) is 23.2. The molecule has 3 atom stereocenters.